The minimum atomic E-state index is 0.552. The maximum absolute atomic E-state index is 6.00. The molecule has 0 saturated carbocycles. The standard InChI is InChI=1S/C15H11ClN2O2/c16-9-4-5-11-12(8-9)18-15(17-11)10-2-1-3-13-14(10)20-7-6-19-13/h1-5,8H,6-7H2,(H,17,18). The van der Waals surface area contributed by atoms with Crippen molar-refractivity contribution in [3.8, 4) is 22.9 Å². The first-order valence-electron chi connectivity index (χ1n) is 6.35. The summed E-state index contributed by atoms with van der Waals surface area (Å²) >= 11 is 6.00. The lowest BCUT2D eigenvalue weighted by Gasteiger charge is -2.20. The molecular formula is C15H11ClN2O2. The van der Waals surface area contributed by atoms with Gasteiger partial charge in [-0.05, 0) is 30.3 Å². The van der Waals surface area contributed by atoms with E-state index in [1.165, 1.54) is 0 Å². The number of H-pyrrole nitrogens is 1. The quantitative estimate of drug-likeness (QED) is 0.743. The van der Waals surface area contributed by atoms with Gasteiger partial charge in [-0.15, -0.1) is 0 Å². The highest BCUT2D eigenvalue weighted by atomic mass is 35.5. The van der Waals surface area contributed by atoms with Crippen LogP contribution in [-0.2, 0) is 0 Å². The number of ether oxygens (including phenoxy) is 2. The minimum Gasteiger partial charge on any atom is -0.486 e. The highest BCUT2D eigenvalue weighted by molar-refractivity contribution is 6.31. The number of benzene rings is 2. The molecule has 4 nitrogen and oxygen atoms in total. The zero-order valence-corrected chi connectivity index (χ0v) is 11.3. The van der Waals surface area contributed by atoms with Crippen LogP contribution in [0.1, 0.15) is 0 Å². The van der Waals surface area contributed by atoms with Crippen molar-refractivity contribution in [1.82, 2.24) is 9.97 Å². The summed E-state index contributed by atoms with van der Waals surface area (Å²) in [7, 11) is 0. The summed E-state index contributed by atoms with van der Waals surface area (Å²) < 4.78 is 11.3. The van der Waals surface area contributed by atoms with Gasteiger partial charge in [0.05, 0.1) is 16.6 Å². The van der Waals surface area contributed by atoms with Gasteiger partial charge in [0.15, 0.2) is 11.5 Å². The number of aromatic nitrogens is 2. The molecule has 5 heteroatoms. The van der Waals surface area contributed by atoms with Gasteiger partial charge in [-0.1, -0.05) is 17.7 Å². The van der Waals surface area contributed by atoms with Gasteiger partial charge in [0, 0.05) is 5.02 Å². The SMILES string of the molecule is Clc1ccc2nc(-c3cccc4c3OCCO4)[nH]c2c1. The molecule has 100 valence electrons. The third-order valence-corrected chi connectivity index (χ3v) is 3.50. The molecule has 1 aromatic heterocycles. The number of hydrogen-bond acceptors (Lipinski definition) is 3. The van der Waals surface area contributed by atoms with Crippen LogP contribution < -0.4 is 9.47 Å². The Hall–Kier alpha value is -2.20. The molecular weight excluding hydrogens is 276 g/mol. The van der Waals surface area contributed by atoms with Crippen LogP contribution in [-0.4, -0.2) is 23.2 Å². The molecule has 0 aliphatic carbocycles. The van der Waals surface area contributed by atoms with Crippen molar-refractivity contribution in [1.29, 1.82) is 0 Å². The second kappa shape index (κ2) is 4.42. The second-order valence-electron chi connectivity index (χ2n) is 4.58. The van der Waals surface area contributed by atoms with Gasteiger partial charge >= 0.3 is 0 Å². The average molecular weight is 287 g/mol. The van der Waals surface area contributed by atoms with E-state index in [1.54, 1.807) is 0 Å². The van der Waals surface area contributed by atoms with Gasteiger partial charge < -0.3 is 14.5 Å². The predicted octanol–water partition coefficient (Wildman–Crippen LogP) is 3.65. The van der Waals surface area contributed by atoms with Crippen LogP contribution in [0.5, 0.6) is 11.5 Å². The molecule has 4 rings (SSSR count). The largest absolute Gasteiger partial charge is 0.486 e. The molecule has 1 N–H and O–H groups in total. The monoisotopic (exact) mass is 286 g/mol. The Bertz CT molecular complexity index is 798. The van der Waals surface area contributed by atoms with Gasteiger partial charge in [-0.3, -0.25) is 0 Å². The van der Waals surface area contributed by atoms with E-state index < -0.39 is 0 Å². The van der Waals surface area contributed by atoms with Crippen molar-refractivity contribution in [2.75, 3.05) is 13.2 Å². The first-order chi connectivity index (χ1) is 9.81. The van der Waals surface area contributed by atoms with E-state index in [-0.39, 0.29) is 0 Å². The van der Waals surface area contributed by atoms with E-state index in [9.17, 15) is 0 Å². The first kappa shape index (κ1) is 11.6. The van der Waals surface area contributed by atoms with Gasteiger partial charge in [-0.25, -0.2) is 4.98 Å². The summed E-state index contributed by atoms with van der Waals surface area (Å²) in [5.41, 5.74) is 2.68. The van der Waals surface area contributed by atoms with Crippen LogP contribution in [0.3, 0.4) is 0 Å². The van der Waals surface area contributed by atoms with Crippen molar-refractivity contribution < 1.29 is 9.47 Å². The predicted molar refractivity (Wildman–Crippen MR) is 77.5 cm³/mol. The number of rotatable bonds is 1. The zero-order valence-electron chi connectivity index (χ0n) is 10.5. The molecule has 20 heavy (non-hydrogen) atoms. The van der Waals surface area contributed by atoms with Crippen molar-refractivity contribution in [3.63, 3.8) is 0 Å². The van der Waals surface area contributed by atoms with Crippen LogP contribution in [0.2, 0.25) is 5.02 Å². The summed E-state index contributed by atoms with van der Waals surface area (Å²) in [4.78, 5) is 7.85. The summed E-state index contributed by atoms with van der Waals surface area (Å²) in [5, 5.41) is 0.683. The van der Waals surface area contributed by atoms with Gasteiger partial charge in [0.2, 0.25) is 0 Å². The lowest BCUT2D eigenvalue weighted by molar-refractivity contribution is 0.172. The fraction of sp³-hybridized carbons (Fsp3) is 0.133. The molecule has 0 fully saturated rings. The third kappa shape index (κ3) is 1.80. The summed E-state index contributed by atoms with van der Waals surface area (Å²) in [6, 6.07) is 11.4. The molecule has 0 unspecified atom stereocenters. The van der Waals surface area contributed by atoms with E-state index in [1.807, 2.05) is 36.4 Å². The first-order valence-corrected chi connectivity index (χ1v) is 6.73. The molecule has 2 heterocycles. The Labute approximate surface area is 120 Å². The summed E-state index contributed by atoms with van der Waals surface area (Å²) in [6.07, 6.45) is 0. The van der Waals surface area contributed by atoms with Gasteiger partial charge in [0.25, 0.3) is 0 Å². The van der Waals surface area contributed by atoms with Gasteiger partial charge in [0.1, 0.15) is 19.0 Å². The number of imidazole rings is 1. The van der Waals surface area contributed by atoms with Crippen LogP contribution in [0, 0.1) is 0 Å². The van der Waals surface area contributed by atoms with E-state index in [0.717, 1.165) is 33.9 Å². The van der Waals surface area contributed by atoms with Crippen molar-refractivity contribution in [2.45, 2.75) is 0 Å². The van der Waals surface area contributed by atoms with Gasteiger partial charge in [-0.2, -0.15) is 0 Å². The minimum absolute atomic E-state index is 0.552. The number of nitrogens with zero attached hydrogens (tertiary/aromatic N) is 1. The molecule has 0 spiro atoms. The summed E-state index contributed by atoms with van der Waals surface area (Å²) in [5.74, 6) is 2.25. The van der Waals surface area contributed by atoms with Crippen molar-refractivity contribution in [3.05, 3.63) is 41.4 Å². The fourth-order valence-electron chi connectivity index (χ4n) is 2.37. The molecule has 0 saturated heterocycles. The van der Waals surface area contributed by atoms with Crippen molar-refractivity contribution >= 4 is 22.6 Å². The van der Waals surface area contributed by atoms with E-state index in [0.29, 0.717) is 18.2 Å². The van der Waals surface area contributed by atoms with Crippen LogP contribution >= 0.6 is 11.6 Å². The Morgan fingerprint density at radius 3 is 2.95 bits per heavy atom. The van der Waals surface area contributed by atoms with E-state index >= 15 is 0 Å². The van der Waals surface area contributed by atoms with Crippen LogP contribution in [0.15, 0.2) is 36.4 Å². The highest BCUT2D eigenvalue weighted by Crippen LogP contribution is 2.39. The Balaban J connectivity index is 1.90. The molecule has 0 bridgehead atoms. The highest BCUT2D eigenvalue weighted by Gasteiger charge is 2.18. The third-order valence-electron chi connectivity index (χ3n) is 3.27. The number of para-hydroxylation sites is 1. The van der Waals surface area contributed by atoms with Crippen LogP contribution in [0.25, 0.3) is 22.4 Å². The molecule has 1 aliphatic heterocycles. The lowest BCUT2D eigenvalue weighted by atomic mass is 10.1. The molecule has 0 atom stereocenters. The van der Waals surface area contributed by atoms with Crippen LogP contribution in [0.4, 0.5) is 0 Å². The average Bonchev–Trinajstić information content (AvgIpc) is 2.89. The molecule has 0 radical (unpaired) electrons. The number of halogens is 1. The van der Waals surface area contributed by atoms with Crippen molar-refractivity contribution in [2.24, 2.45) is 0 Å². The number of nitrogens with one attached hydrogen (secondary N) is 1. The summed E-state index contributed by atoms with van der Waals surface area (Å²) in [6.45, 7) is 1.13. The molecule has 3 aromatic rings. The lowest BCUT2D eigenvalue weighted by Crippen LogP contribution is -2.15. The molecule has 0 amide bonds. The Morgan fingerprint density at radius 2 is 2.00 bits per heavy atom. The van der Waals surface area contributed by atoms with E-state index in [2.05, 4.69) is 9.97 Å². The molecule has 2 aromatic carbocycles. The maximum Gasteiger partial charge on any atom is 0.172 e. The number of aromatic amines is 1. The zero-order chi connectivity index (χ0) is 13.5. The fourth-order valence-corrected chi connectivity index (χ4v) is 2.54. The number of fused-ring (bicyclic) bond motifs is 2. The topological polar surface area (TPSA) is 47.1 Å². The second-order valence-corrected chi connectivity index (χ2v) is 5.01. The smallest absolute Gasteiger partial charge is 0.172 e. The Morgan fingerprint density at radius 1 is 1.10 bits per heavy atom. The van der Waals surface area contributed by atoms with E-state index in [4.69, 9.17) is 21.1 Å². The Kier molecular flexibility index (Phi) is 2.57. The normalized spacial score (nSPS) is 13.7. The maximum atomic E-state index is 6.00. The number of hydrogen-bond donors (Lipinski definition) is 1. The molecule has 1 aliphatic rings.